The van der Waals surface area contributed by atoms with E-state index in [1.54, 1.807) is 29.5 Å². The highest BCUT2D eigenvalue weighted by Gasteiger charge is 2.35. The Morgan fingerprint density at radius 3 is 2.67 bits per heavy atom. The van der Waals surface area contributed by atoms with E-state index in [-0.39, 0.29) is 30.9 Å². The number of amides is 1. The second kappa shape index (κ2) is 12.3. The first-order chi connectivity index (χ1) is 16.2. The fourth-order valence-corrected chi connectivity index (χ4v) is 4.09. The molecule has 3 aromatic rings. The highest BCUT2D eigenvalue weighted by Crippen LogP contribution is 2.26. The average Bonchev–Trinajstić information content (AvgIpc) is 3.41. The van der Waals surface area contributed by atoms with E-state index in [1.165, 1.54) is 11.6 Å². The maximum Gasteiger partial charge on any atom is 0.416 e. The number of fused-ring (bicyclic) bond motifs is 1. The van der Waals surface area contributed by atoms with Gasteiger partial charge in [0.1, 0.15) is 17.0 Å². The molecule has 10 heteroatoms. The number of hydrogen-bond donors (Lipinski definition) is 1. The largest absolute Gasteiger partial charge is 0.478 e. The Morgan fingerprint density at radius 1 is 1.22 bits per heavy atom. The van der Waals surface area contributed by atoms with Gasteiger partial charge in [0, 0.05) is 37.3 Å². The lowest BCUT2D eigenvalue weighted by molar-refractivity contribution is -0.131. The van der Waals surface area contributed by atoms with Crippen LogP contribution < -0.4 is 4.90 Å². The zero-order valence-electron chi connectivity index (χ0n) is 20.4. The number of rotatable bonds is 6. The van der Waals surface area contributed by atoms with Gasteiger partial charge in [-0.3, -0.25) is 9.80 Å². The Bertz CT molecular complexity index is 1200. The van der Waals surface area contributed by atoms with Crippen molar-refractivity contribution in [3.8, 4) is 0 Å². The first-order valence-electron chi connectivity index (χ1n) is 11.3. The number of anilines is 1. The number of hydrogen-bond acceptors (Lipinski definition) is 6. The molecular weight excluding hydrogens is 505 g/mol. The van der Waals surface area contributed by atoms with Crippen LogP contribution in [0.5, 0.6) is 0 Å². The van der Waals surface area contributed by atoms with E-state index in [2.05, 4.69) is 22.0 Å². The molecule has 1 N–H and O–H groups in total. The van der Waals surface area contributed by atoms with Crippen molar-refractivity contribution >= 4 is 59.7 Å². The normalized spacial score (nSPS) is 15.9. The number of likely N-dealkylation sites (tertiary alicyclic amines) is 1. The zero-order valence-corrected chi connectivity index (χ0v) is 22.1. The summed E-state index contributed by atoms with van der Waals surface area (Å²) in [5, 5.41) is 9.90. The van der Waals surface area contributed by atoms with Crippen LogP contribution in [0.3, 0.4) is 0 Å². The third-order valence-electron chi connectivity index (χ3n) is 5.56. The first-order valence-corrected chi connectivity index (χ1v) is 11.3. The first kappa shape index (κ1) is 29.2. The van der Waals surface area contributed by atoms with Gasteiger partial charge in [0.05, 0.1) is 12.3 Å². The van der Waals surface area contributed by atoms with Gasteiger partial charge >= 0.3 is 12.1 Å². The Kier molecular flexibility index (Phi) is 9.93. The van der Waals surface area contributed by atoms with Crippen molar-refractivity contribution in [2.45, 2.75) is 45.4 Å². The van der Waals surface area contributed by atoms with Gasteiger partial charge in [-0.25, -0.2) is 14.6 Å². The predicted molar refractivity (Wildman–Crippen MR) is 144 cm³/mol. The molecule has 1 aliphatic heterocycles. The standard InChI is InChI=1S/C26H29N3O5.2ClH/c1-26(2,3)34-25(32)29(23-8-5-18(15-27-23)6-9-24(30)31)21-10-12-28(17-21)16-19-4-7-22-20(14-19)11-13-33-22;;/h4-9,11,13-15,21H,10,12,16-17H2,1-3H3,(H,30,31);2*1H/t21-;;/m1../s1. The summed E-state index contributed by atoms with van der Waals surface area (Å²) in [6, 6.07) is 11.5. The molecule has 0 aliphatic carbocycles. The fraction of sp³-hybridized carbons (Fsp3) is 0.346. The van der Waals surface area contributed by atoms with E-state index >= 15 is 0 Å². The molecule has 1 aliphatic rings. The molecule has 4 rings (SSSR count). The van der Waals surface area contributed by atoms with Crippen LogP contribution >= 0.6 is 24.8 Å². The number of furan rings is 1. The molecule has 1 saturated heterocycles. The van der Waals surface area contributed by atoms with Crippen molar-refractivity contribution in [1.29, 1.82) is 0 Å². The van der Waals surface area contributed by atoms with Crippen molar-refractivity contribution in [2.24, 2.45) is 0 Å². The van der Waals surface area contributed by atoms with Crippen molar-refractivity contribution < 1.29 is 23.8 Å². The maximum absolute atomic E-state index is 13.2. The smallest absolute Gasteiger partial charge is 0.416 e. The summed E-state index contributed by atoms with van der Waals surface area (Å²) in [6.45, 7) is 7.81. The predicted octanol–water partition coefficient (Wildman–Crippen LogP) is 5.79. The molecule has 1 aromatic carbocycles. The molecule has 8 nitrogen and oxygen atoms in total. The second-order valence-corrected chi connectivity index (χ2v) is 9.44. The number of carbonyl (C=O) groups excluding carboxylic acids is 1. The molecule has 0 radical (unpaired) electrons. The second-order valence-electron chi connectivity index (χ2n) is 9.44. The molecule has 0 bridgehead atoms. The maximum atomic E-state index is 13.2. The number of benzene rings is 1. The van der Waals surface area contributed by atoms with Gasteiger partial charge in [-0.05, 0) is 74.7 Å². The SMILES string of the molecule is CC(C)(C)OC(=O)N(c1ccc(C=CC(=O)O)cn1)[C@@H]1CCN(Cc2ccc3occc3c2)C1.Cl.Cl. The van der Waals surface area contributed by atoms with Crippen LogP contribution in [-0.2, 0) is 16.1 Å². The molecule has 0 spiro atoms. The van der Waals surface area contributed by atoms with E-state index in [4.69, 9.17) is 14.3 Å². The van der Waals surface area contributed by atoms with Crippen molar-refractivity contribution in [3.63, 3.8) is 0 Å². The molecule has 2 aromatic heterocycles. The molecule has 3 heterocycles. The average molecular weight is 536 g/mol. The van der Waals surface area contributed by atoms with Gasteiger partial charge in [-0.15, -0.1) is 24.8 Å². The van der Waals surface area contributed by atoms with Crippen molar-refractivity contribution in [3.05, 3.63) is 66.1 Å². The zero-order chi connectivity index (χ0) is 24.3. The minimum absolute atomic E-state index is 0. The Hall–Kier alpha value is -3.07. The molecule has 36 heavy (non-hydrogen) atoms. The minimum atomic E-state index is -1.03. The fourth-order valence-electron chi connectivity index (χ4n) is 4.09. The van der Waals surface area contributed by atoms with Crippen LogP contribution in [0.1, 0.15) is 38.3 Å². The van der Waals surface area contributed by atoms with Crippen molar-refractivity contribution in [1.82, 2.24) is 9.88 Å². The van der Waals surface area contributed by atoms with Gasteiger partial charge in [-0.1, -0.05) is 6.07 Å². The lowest BCUT2D eigenvalue weighted by atomic mass is 10.1. The van der Waals surface area contributed by atoms with E-state index < -0.39 is 17.7 Å². The van der Waals surface area contributed by atoms with Gasteiger partial charge in [0.15, 0.2) is 0 Å². The molecule has 1 amide bonds. The Balaban J connectivity index is 0.00000228. The van der Waals surface area contributed by atoms with E-state index in [0.29, 0.717) is 17.9 Å². The third-order valence-corrected chi connectivity index (χ3v) is 5.56. The van der Waals surface area contributed by atoms with Gasteiger partial charge in [-0.2, -0.15) is 0 Å². The number of nitrogens with zero attached hydrogens (tertiary/aromatic N) is 3. The summed E-state index contributed by atoms with van der Waals surface area (Å²) in [4.78, 5) is 32.3. The van der Waals surface area contributed by atoms with Crippen molar-refractivity contribution in [2.75, 3.05) is 18.0 Å². The molecule has 0 saturated carbocycles. The number of pyridine rings is 1. The van der Waals surface area contributed by atoms with Crippen LogP contribution in [0.2, 0.25) is 0 Å². The molecule has 0 unspecified atom stereocenters. The Morgan fingerprint density at radius 2 is 2.00 bits per heavy atom. The summed E-state index contributed by atoms with van der Waals surface area (Å²) >= 11 is 0. The van der Waals surface area contributed by atoms with E-state index in [9.17, 15) is 9.59 Å². The van der Waals surface area contributed by atoms with Crippen LogP contribution in [-0.4, -0.2) is 51.8 Å². The molecule has 1 atom stereocenters. The third kappa shape index (κ3) is 7.46. The summed E-state index contributed by atoms with van der Waals surface area (Å²) < 4.78 is 11.1. The van der Waals surface area contributed by atoms with Gasteiger partial charge in [0.25, 0.3) is 0 Å². The summed E-state index contributed by atoms with van der Waals surface area (Å²) in [5.74, 6) is -0.550. The quantitative estimate of drug-likeness (QED) is 0.399. The van der Waals surface area contributed by atoms with Crippen LogP contribution in [0.4, 0.5) is 10.6 Å². The molecule has 194 valence electrons. The number of aliphatic carboxylic acids is 1. The number of halogens is 2. The highest BCUT2D eigenvalue weighted by atomic mass is 35.5. The number of carboxylic acid groups (broad SMARTS) is 1. The lowest BCUT2D eigenvalue weighted by Gasteiger charge is -2.31. The number of carbonyl (C=O) groups is 2. The minimum Gasteiger partial charge on any atom is -0.478 e. The Labute approximate surface area is 222 Å². The van der Waals surface area contributed by atoms with Gasteiger partial charge in [0.2, 0.25) is 0 Å². The lowest BCUT2D eigenvalue weighted by Crippen LogP contribution is -2.45. The van der Waals surface area contributed by atoms with Crippen LogP contribution in [0, 0.1) is 0 Å². The number of aromatic nitrogens is 1. The molecule has 1 fully saturated rings. The topological polar surface area (TPSA) is 96.1 Å². The van der Waals surface area contributed by atoms with E-state index in [1.807, 2.05) is 32.9 Å². The van der Waals surface area contributed by atoms with Gasteiger partial charge < -0.3 is 14.3 Å². The summed E-state index contributed by atoms with van der Waals surface area (Å²) in [6.07, 6.45) is 6.10. The van der Waals surface area contributed by atoms with E-state index in [0.717, 1.165) is 36.6 Å². The monoisotopic (exact) mass is 535 g/mol. The number of carboxylic acids is 1. The van der Waals surface area contributed by atoms with Crippen LogP contribution in [0.25, 0.3) is 17.0 Å². The molecular formula is C26H31Cl2N3O5. The summed E-state index contributed by atoms with van der Waals surface area (Å²) in [5.41, 5.74) is 2.05. The van der Waals surface area contributed by atoms with Crippen LogP contribution in [0.15, 0.2) is 59.4 Å². The summed E-state index contributed by atoms with van der Waals surface area (Å²) in [7, 11) is 0. The number of ether oxygens (including phenoxy) is 1. The highest BCUT2D eigenvalue weighted by molar-refractivity contribution is 5.88.